The number of hydrogen-bond donors (Lipinski definition) is 0. The lowest BCUT2D eigenvalue weighted by Crippen LogP contribution is -2.22. The fraction of sp³-hybridized carbons (Fsp3) is 0.600. The Morgan fingerprint density at radius 1 is 1.18 bits per heavy atom. The molecule has 0 aliphatic carbocycles. The van der Waals surface area contributed by atoms with E-state index in [-0.39, 0.29) is 0 Å². The molecule has 6 heteroatoms. The Kier molecular flexibility index (Phi) is 5.09. The Labute approximate surface area is 88.3 Å². The van der Waals surface area contributed by atoms with E-state index in [1.807, 2.05) is 6.55 Å². The van der Waals surface area contributed by atoms with E-state index in [9.17, 15) is 0 Å². The molecule has 1 unspecified atom stereocenters. The highest BCUT2D eigenvalue weighted by Gasteiger charge is 2.30. The Bertz CT molecular complexity index is 140. The molecular weight excluding hydrogens is 258 g/mol. The average molecular weight is 268 g/mol. The Balaban J connectivity index is 3.79. The highest BCUT2D eigenvalue weighted by molar-refractivity contribution is 7.65. The predicted octanol–water partition coefficient (Wildman–Crippen LogP) is 4.18. The fourth-order valence-electron chi connectivity index (χ4n) is 0.488. The zero-order valence-electron chi connectivity index (χ0n) is 6.21. The van der Waals surface area contributed by atoms with Crippen molar-refractivity contribution in [1.82, 2.24) is 0 Å². The molecule has 0 bridgehead atoms. The summed E-state index contributed by atoms with van der Waals surface area (Å²) in [6.45, 7) is 5.64. The smallest absolute Gasteiger partial charge is 0.162 e. The van der Waals surface area contributed by atoms with Gasteiger partial charge in [0, 0.05) is 0 Å². The van der Waals surface area contributed by atoms with Crippen LogP contribution in [0.4, 0.5) is 0 Å². The minimum absolute atomic E-state index is 0.635. The first-order valence-corrected chi connectivity index (χ1v) is 12.2. The van der Waals surface area contributed by atoms with Crippen LogP contribution in [0.1, 0.15) is 0 Å². The van der Waals surface area contributed by atoms with Gasteiger partial charge >= 0.3 is 6.00 Å². The quantitative estimate of drug-likeness (QED) is 0.530. The van der Waals surface area contributed by atoms with Gasteiger partial charge in [-0.05, 0) is 12.1 Å². The summed E-state index contributed by atoms with van der Waals surface area (Å²) >= 11 is 23.2. The van der Waals surface area contributed by atoms with E-state index in [2.05, 4.69) is 6.58 Å². The van der Waals surface area contributed by atoms with Crippen LogP contribution in [0.15, 0.2) is 12.3 Å². The maximum Gasteiger partial charge on any atom is 0.341 e. The van der Waals surface area contributed by atoms with Gasteiger partial charge in [-0.25, -0.2) is 0 Å². The van der Waals surface area contributed by atoms with Gasteiger partial charge in [0.15, 0.2) is 7.38 Å². The maximum absolute atomic E-state index is 6.09. The number of hydrogen-bond acceptors (Lipinski definition) is 0. The summed E-state index contributed by atoms with van der Waals surface area (Å²) in [5.74, 6) is 0. The molecule has 0 saturated heterocycles. The van der Waals surface area contributed by atoms with Crippen molar-refractivity contribution in [3.8, 4) is 0 Å². The molecule has 66 valence electrons. The average Bonchev–Trinajstić information content (AvgIpc) is 1.83. The monoisotopic (exact) mass is 266 g/mol. The molecule has 0 aromatic rings. The molecule has 0 fully saturated rings. The van der Waals surface area contributed by atoms with Crippen LogP contribution < -0.4 is 0 Å². The summed E-state index contributed by atoms with van der Waals surface area (Å²) in [5, 5.41) is 0. The molecule has 11 heavy (non-hydrogen) atoms. The first-order chi connectivity index (χ1) is 4.77. The van der Waals surface area contributed by atoms with Gasteiger partial charge in [-0.2, -0.15) is 11.1 Å². The molecule has 0 rings (SSSR count). The number of rotatable bonds is 4. The Morgan fingerprint density at radius 3 is 1.91 bits per heavy atom. The van der Waals surface area contributed by atoms with Gasteiger partial charge in [0.1, 0.15) is 0 Å². The molecule has 0 aromatic heterocycles. The minimum Gasteiger partial charge on any atom is -0.162 e. The van der Waals surface area contributed by atoms with E-state index in [0.717, 1.165) is 6.04 Å². The molecule has 0 radical (unpaired) electrons. The molecule has 0 saturated carbocycles. The third-order valence-corrected chi connectivity index (χ3v) is 7.45. The van der Waals surface area contributed by atoms with Gasteiger partial charge in [-0.1, -0.05) is 12.2 Å². The molecule has 0 heterocycles. The summed E-state index contributed by atoms with van der Waals surface area (Å²) in [6.07, 6.45) is 0. The largest absolute Gasteiger partial charge is 0.341 e. The lowest BCUT2D eigenvalue weighted by Gasteiger charge is -2.15. The van der Waals surface area contributed by atoms with Crippen molar-refractivity contribution in [3.63, 3.8) is 0 Å². The molecule has 0 nitrogen and oxygen atoms in total. The molecule has 0 aromatic carbocycles. The molecule has 1 atom stereocenters. The van der Waals surface area contributed by atoms with Gasteiger partial charge < -0.3 is 0 Å². The molecule has 0 N–H and O–H groups in total. The third-order valence-electron chi connectivity index (χ3n) is 1.32. The second kappa shape index (κ2) is 4.54. The van der Waals surface area contributed by atoms with Crippen LogP contribution in [0.25, 0.3) is 0 Å². The fourth-order valence-corrected chi connectivity index (χ4v) is 7.18. The molecule has 0 spiro atoms. The third kappa shape index (κ3) is 7.69. The van der Waals surface area contributed by atoms with Crippen LogP contribution in [0, 0.1) is 0 Å². The van der Waals surface area contributed by atoms with Crippen molar-refractivity contribution >= 4 is 57.7 Å². The van der Waals surface area contributed by atoms with Crippen molar-refractivity contribution in [2.24, 2.45) is 0 Å². The van der Waals surface area contributed by atoms with Crippen molar-refractivity contribution in [1.29, 1.82) is 0 Å². The van der Waals surface area contributed by atoms with Crippen LogP contribution in [0.3, 0.4) is 0 Å². The van der Waals surface area contributed by atoms with E-state index in [1.54, 1.807) is 5.70 Å². The number of halogens is 4. The maximum atomic E-state index is 6.09. The first-order valence-electron chi connectivity index (χ1n) is 3.16. The Morgan fingerprint density at radius 2 is 1.64 bits per heavy atom. The zero-order valence-corrected chi connectivity index (χ0v) is 11.2. The van der Waals surface area contributed by atoms with Crippen molar-refractivity contribution in [2.45, 2.75) is 18.6 Å². The van der Waals surface area contributed by atoms with Gasteiger partial charge in [0.2, 0.25) is 0 Å². The molecule has 0 amide bonds. The molecular formula is C5H10Cl4Si2. The second-order valence-corrected chi connectivity index (χ2v) is 17.9. The van der Waals surface area contributed by atoms with Crippen LogP contribution in [-0.2, 0) is 0 Å². The lowest BCUT2D eigenvalue weighted by atomic mass is 10.9. The topological polar surface area (TPSA) is 0 Å². The summed E-state index contributed by atoms with van der Waals surface area (Å²) < 4.78 is 0. The van der Waals surface area contributed by atoms with Crippen molar-refractivity contribution in [3.05, 3.63) is 12.3 Å². The van der Waals surface area contributed by atoms with Crippen LogP contribution >= 0.6 is 44.3 Å². The normalized spacial score (nSPS) is 17.5. The van der Waals surface area contributed by atoms with Crippen molar-refractivity contribution < 1.29 is 0 Å². The van der Waals surface area contributed by atoms with Crippen LogP contribution in [-0.4, -0.2) is 13.4 Å². The zero-order chi connectivity index (χ0) is 9.12. The van der Waals surface area contributed by atoms with Gasteiger partial charge in [0.25, 0.3) is 0 Å². The summed E-state index contributed by atoms with van der Waals surface area (Å²) in [5.41, 5.74) is 1.80. The first kappa shape index (κ1) is 12.3. The predicted molar refractivity (Wildman–Crippen MR) is 60.6 cm³/mol. The summed E-state index contributed by atoms with van der Waals surface area (Å²) in [6, 6.07) is -1.02. The van der Waals surface area contributed by atoms with Crippen LogP contribution in [0.2, 0.25) is 18.6 Å². The van der Waals surface area contributed by atoms with Gasteiger partial charge in [-0.15, -0.1) is 39.8 Å². The molecule has 0 aliphatic heterocycles. The van der Waals surface area contributed by atoms with E-state index < -0.39 is 13.4 Å². The van der Waals surface area contributed by atoms with E-state index in [4.69, 9.17) is 44.3 Å². The standard InChI is InChI=1S/C5H10Cl4Si2/c1-3-10(2,6)4-5-11(7,8)9/h3H,1,4-5H2,2H3. The van der Waals surface area contributed by atoms with Gasteiger partial charge in [-0.3, -0.25) is 0 Å². The molecule has 0 aliphatic rings. The van der Waals surface area contributed by atoms with E-state index in [0.29, 0.717) is 6.04 Å². The minimum atomic E-state index is -2.46. The summed E-state index contributed by atoms with van der Waals surface area (Å²) in [4.78, 5) is 0. The SMILES string of the molecule is C=C[Si](C)(Cl)CC[Si](Cl)(Cl)Cl. The van der Waals surface area contributed by atoms with E-state index >= 15 is 0 Å². The highest BCUT2D eigenvalue weighted by atomic mass is 35.8. The van der Waals surface area contributed by atoms with Gasteiger partial charge in [0.05, 0.1) is 0 Å². The second-order valence-electron chi connectivity index (χ2n) is 2.60. The van der Waals surface area contributed by atoms with E-state index in [1.165, 1.54) is 0 Å². The highest BCUT2D eigenvalue weighted by Crippen LogP contribution is 2.31. The Hall–Kier alpha value is 1.33. The van der Waals surface area contributed by atoms with Crippen molar-refractivity contribution in [2.75, 3.05) is 0 Å². The lowest BCUT2D eigenvalue weighted by molar-refractivity contribution is 1.38. The summed E-state index contributed by atoms with van der Waals surface area (Å²) in [7, 11) is -1.77. The van der Waals surface area contributed by atoms with Crippen LogP contribution in [0.5, 0.6) is 0 Å².